The molecule has 3 nitrogen and oxygen atoms in total. The molecule has 3 fully saturated rings. The van der Waals surface area contributed by atoms with E-state index in [9.17, 15) is 4.79 Å². The maximum atomic E-state index is 12.3. The summed E-state index contributed by atoms with van der Waals surface area (Å²) in [6, 6.07) is 0. The Labute approximate surface area is 228 Å². The highest BCUT2D eigenvalue weighted by Crippen LogP contribution is 2.66. The first-order chi connectivity index (χ1) is 17.9. The lowest BCUT2D eigenvalue weighted by molar-refractivity contribution is -0.0563. The van der Waals surface area contributed by atoms with Crippen LogP contribution in [-0.2, 0) is 9.47 Å². The minimum atomic E-state index is -0.449. The Morgan fingerprint density at radius 2 is 1.59 bits per heavy atom. The summed E-state index contributed by atoms with van der Waals surface area (Å²) in [7, 11) is 0. The van der Waals surface area contributed by atoms with Crippen molar-refractivity contribution in [3.8, 4) is 0 Å². The van der Waals surface area contributed by atoms with Crippen LogP contribution >= 0.6 is 0 Å². The number of unbranched alkanes of at least 4 members (excludes halogenated alkanes) is 8. The first kappa shape index (κ1) is 29.0. The molecule has 4 aliphatic rings. The number of hydrogen-bond acceptors (Lipinski definition) is 3. The van der Waals surface area contributed by atoms with Gasteiger partial charge in [0.05, 0.1) is 6.61 Å². The molecule has 0 heterocycles. The SMILES string of the molecule is CCCCCCCCC1CCC2C3CC=C4C[C@@H](OC(=O)OCCCCCC)CC[C@]4(C)C3CC[C@]12C. The van der Waals surface area contributed by atoms with Crippen molar-refractivity contribution in [1.29, 1.82) is 0 Å². The second-order valence-electron chi connectivity index (χ2n) is 13.8. The van der Waals surface area contributed by atoms with E-state index in [1.165, 1.54) is 96.3 Å². The fraction of sp³-hybridized carbons (Fsp3) is 0.912. The molecule has 4 rings (SSSR count). The van der Waals surface area contributed by atoms with Crippen LogP contribution in [-0.4, -0.2) is 18.9 Å². The van der Waals surface area contributed by atoms with E-state index in [0.29, 0.717) is 17.4 Å². The van der Waals surface area contributed by atoms with Gasteiger partial charge in [0.15, 0.2) is 0 Å². The van der Waals surface area contributed by atoms with E-state index in [1.807, 2.05) is 0 Å². The Hall–Kier alpha value is -0.990. The van der Waals surface area contributed by atoms with Crippen molar-refractivity contribution >= 4 is 6.16 Å². The smallest absolute Gasteiger partial charge is 0.434 e. The predicted octanol–water partition coefficient (Wildman–Crippen LogP) is 10.4. The monoisotopic (exact) mass is 514 g/mol. The van der Waals surface area contributed by atoms with E-state index in [2.05, 4.69) is 33.8 Å². The quantitative estimate of drug-likeness (QED) is 0.139. The minimum absolute atomic E-state index is 0.000982. The van der Waals surface area contributed by atoms with Crippen LogP contribution in [0.15, 0.2) is 11.6 Å². The van der Waals surface area contributed by atoms with Gasteiger partial charge in [0.25, 0.3) is 0 Å². The maximum Gasteiger partial charge on any atom is 0.508 e. The van der Waals surface area contributed by atoms with Crippen molar-refractivity contribution in [2.75, 3.05) is 6.61 Å². The number of ether oxygens (including phenoxy) is 2. The van der Waals surface area contributed by atoms with Crippen LogP contribution < -0.4 is 0 Å². The van der Waals surface area contributed by atoms with Crippen LogP contribution in [0.3, 0.4) is 0 Å². The molecule has 0 aromatic heterocycles. The third-order valence-electron chi connectivity index (χ3n) is 11.6. The van der Waals surface area contributed by atoms with Crippen molar-refractivity contribution in [3.05, 3.63) is 11.6 Å². The molecule has 0 saturated heterocycles. The number of hydrogen-bond donors (Lipinski definition) is 0. The maximum absolute atomic E-state index is 12.3. The van der Waals surface area contributed by atoms with Gasteiger partial charge in [-0.05, 0) is 92.3 Å². The standard InChI is InChI=1S/C34H58O3/c1-5-7-9-11-12-13-15-26-17-19-30-29-18-16-27-25-28(37-32(35)36-24-14-10-8-6-2)20-22-34(27,4)31(29)21-23-33(26,30)3/h16,26,28-31H,5-15,17-25H2,1-4H3/t26?,28-,29?,30?,31?,33+,34-/m0/s1. The molecule has 3 heteroatoms. The Balaban J connectivity index is 1.29. The highest BCUT2D eigenvalue weighted by atomic mass is 16.7. The molecule has 3 saturated carbocycles. The van der Waals surface area contributed by atoms with Gasteiger partial charge in [-0.15, -0.1) is 0 Å². The van der Waals surface area contributed by atoms with E-state index in [0.717, 1.165) is 49.4 Å². The molecule has 37 heavy (non-hydrogen) atoms. The average molecular weight is 515 g/mol. The number of rotatable bonds is 13. The zero-order valence-corrected chi connectivity index (χ0v) is 24.8. The van der Waals surface area contributed by atoms with Gasteiger partial charge < -0.3 is 9.47 Å². The zero-order valence-electron chi connectivity index (χ0n) is 24.8. The van der Waals surface area contributed by atoms with Crippen LogP contribution in [0.2, 0.25) is 0 Å². The van der Waals surface area contributed by atoms with Crippen LogP contribution in [0.1, 0.15) is 150 Å². The molecular formula is C34H58O3. The summed E-state index contributed by atoms with van der Waals surface area (Å²) in [5.41, 5.74) is 2.48. The number of fused-ring (bicyclic) bond motifs is 5. The van der Waals surface area contributed by atoms with Gasteiger partial charge in [0, 0.05) is 6.42 Å². The van der Waals surface area contributed by atoms with Crippen LogP contribution in [0.5, 0.6) is 0 Å². The summed E-state index contributed by atoms with van der Waals surface area (Å²) in [6.45, 7) is 10.2. The molecule has 0 aromatic carbocycles. The van der Waals surface area contributed by atoms with Gasteiger partial charge in [-0.25, -0.2) is 4.79 Å². The van der Waals surface area contributed by atoms with E-state index in [4.69, 9.17) is 9.47 Å². The Morgan fingerprint density at radius 1 is 0.865 bits per heavy atom. The van der Waals surface area contributed by atoms with Crippen LogP contribution in [0.4, 0.5) is 4.79 Å². The van der Waals surface area contributed by atoms with Gasteiger partial charge in [0.1, 0.15) is 6.10 Å². The number of allylic oxidation sites excluding steroid dienone is 1. The van der Waals surface area contributed by atoms with Crippen molar-refractivity contribution in [3.63, 3.8) is 0 Å². The highest BCUT2D eigenvalue weighted by molar-refractivity contribution is 5.60. The van der Waals surface area contributed by atoms with Gasteiger partial charge >= 0.3 is 6.16 Å². The largest absolute Gasteiger partial charge is 0.508 e. The lowest BCUT2D eigenvalue weighted by Gasteiger charge is -2.58. The normalized spacial score (nSPS) is 36.8. The molecule has 4 aliphatic carbocycles. The molecule has 0 spiro atoms. The number of carbonyl (C=O) groups is 1. The van der Waals surface area contributed by atoms with Crippen molar-refractivity contribution in [2.45, 2.75) is 156 Å². The zero-order chi connectivity index (χ0) is 26.3. The first-order valence-corrected chi connectivity index (χ1v) is 16.4. The summed E-state index contributed by atoms with van der Waals surface area (Å²) in [5, 5.41) is 0. The lowest BCUT2D eigenvalue weighted by atomic mass is 9.47. The van der Waals surface area contributed by atoms with E-state index >= 15 is 0 Å². The van der Waals surface area contributed by atoms with Crippen molar-refractivity contribution in [1.82, 2.24) is 0 Å². The molecule has 0 bridgehead atoms. The fourth-order valence-electron chi connectivity index (χ4n) is 9.34. The van der Waals surface area contributed by atoms with E-state index in [1.54, 1.807) is 5.57 Å². The molecular weight excluding hydrogens is 456 g/mol. The summed E-state index contributed by atoms with van der Waals surface area (Å²) < 4.78 is 11.2. The molecule has 0 aromatic rings. The fourth-order valence-corrected chi connectivity index (χ4v) is 9.34. The summed E-state index contributed by atoms with van der Waals surface area (Å²) in [4.78, 5) is 12.3. The van der Waals surface area contributed by atoms with Gasteiger partial charge in [-0.3, -0.25) is 0 Å². The molecule has 4 unspecified atom stereocenters. The van der Waals surface area contributed by atoms with Gasteiger partial charge in [-0.1, -0.05) is 97.1 Å². The molecule has 212 valence electrons. The van der Waals surface area contributed by atoms with Gasteiger partial charge in [-0.2, -0.15) is 0 Å². The topological polar surface area (TPSA) is 35.5 Å². The third-order valence-corrected chi connectivity index (χ3v) is 11.6. The first-order valence-electron chi connectivity index (χ1n) is 16.4. The predicted molar refractivity (Wildman–Crippen MR) is 154 cm³/mol. The summed E-state index contributed by atoms with van der Waals surface area (Å²) in [5.74, 6) is 3.57. The van der Waals surface area contributed by atoms with E-state index < -0.39 is 6.16 Å². The molecule has 0 amide bonds. The van der Waals surface area contributed by atoms with E-state index in [-0.39, 0.29) is 6.10 Å². The number of carbonyl (C=O) groups excluding carboxylic acids is 1. The Bertz CT molecular complexity index is 758. The van der Waals surface area contributed by atoms with Crippen molar-refractivity contribution < 1.29 is 14.3 Å². The molecule has 0 N–H and O–H groups in total. The van der Waals surface area contributed by atoms with Gasteiger partial charge in [0.2, 0.25) is 0 Å². The summed E-state index contributed by atoms with van der Waals surface area (Å²) in [6.07, 6.45) is 26.8. The lowest BCUT2D eigenvalue weighted by Crippen LogP contribution is -2.50. The third kappa shape index (κ3) is 6.60. The Kier molecular flexibility index (Phi) is 10.5. The summed E-state index contributed by atoms with van der Waals surface area (Å²) >= 11 is 0. The second kappa shape index (κ2) is 13.4. The average Bonchev–Trinajstić information content (AvgIpc) is 3.22. The second-order valence-corrected chi connectivity index (χ2v) is 13.8. The van der Waals surface area contributed by atoms with Crippen LogP contribution in [0, 0.1) is 34.5 Å². The molecule has 0 radical (unpaired) electrons. The molecule has 0 aliphatic heterocycles. The Morgan fingerprint density at radius 3 is 2.38 bits per heavy atom. The van der Waals surface area contributed by atoms with Crippen LogP contribution in [0.25, 0.3) is 0 Å². The molecule has 7 atom stereocenters. The highest BCUT2D eigenvalue weighted by Gasteiger charge is 2.58. The minimum Gasteiger partial charge on any atom is -0.434 e. The van der Waals surface area contributed by atoms with Crippen molar-refractivity contribution in [2.24, 2.45) is 34.5 Å².